The Balaban J connectivity index is 1.33. The highest BCUT2D eigenvalue weighted by Gasteiger charge is 2.22. The van der Waals surface area contributed by atoms with Crippen LogP contribution in [0.3, 0.4) is 0 Å². The van der Waals surface area contributed by atoms with E-state index < -0.39 is 0 Å². The van der Waals surface area contributed by atoms with Gasteiger partial charge in [0.2, 0.25) is 0 Å². The Kier molecular flexibility index (Phi) is 5.31. The van der Waals surface area contributed by atoms with Crippen molar-refractivity contribution in [2.45, 2.75) is 19.5 Å². The normalized spacial score (nSPS) is 13.7. The molecule has 0 unspecified atom stereocenters. The molecule has 0 aliphatic carbocycles. The predicted molar refractivity (Wildman–Crippen MR) is 120 cm³/mol. The van der Waals surface area contributed by atoms with Gasteiger partial charge in [-0.05, 0) is 29.8 Å². The van der Waals surface area contributed by atoms with E-state index in [9.17, 15) is 4.79 Å². The van der Waals surface area contributed by atoms with Crippen LogP contribution in [-0.2, 0) is 19.5 Å². The first-order valence-corrected chi connectivity index (χ1v) is 10.8. The summed E-state index contributed by atoms with van der Waals surface area (Å²) in [5, 5.41) is 0. The van der Waals surface area contributed by atoms with Gasteiger partial charge in [0, 0.05) is 48.2 Å². The highest BCUT2D eigenvalue weighted by Crippen LogP contribution is 2.31. The fourth-order valence-electron chi connectivity index (χ4n) is 3.79. The second-order valence-corrected chi connectivity index (χ2v) is 8.59. The van der Waals surface area contributed by atoms with Crippen molar-refractivity contribution in [2.75, 3.05) is 13.7 Å². The lowest BCUT2D eigenvalue weighted by Crippen LogP contribution is -2.35. The van der Waals surface area contributed by atoms with Crippen molar-refractivity contribution < 1.29 is 4.74 Å². The van der Waals surface area contributed by atoms with Crippen LogP contribution in [0.25, 0.3) is 21.8 Å². The SMILES string of the molecule is COc1cccc(-c2ccc(CN3CCc4nc(-c5cncnc5)[nH]c(=O)c4C3)s2)c1. The Morgan fingerprint density at radius 3 is 2.87 bits per heavy atom. The van der Waals surface area contributed by atoms with E-state index in [4.69, 9.17) is 4.74 Å². The summed E-state index contributed by atoms with van der Waals surface area (Å²) in [6.45, 7) is 2.26. The number of nitrogens with zero attached hydrogens (tertiary/aromatic N) is 4. The van der Waals surface area contributed by atoms with Crippen molar-refractivity contribution in [2.24, 2.45) is 0 Å². The van der Waals surface area contributed by atoms with Gasteiger partial charge in [-0.25, -0.2) is 15.0 Å². The Morgan fingerprint density at radius 2 is 2.03 bits per heavy atom. The average Bonchev–Trinajstić information content (AvgIpc) is 3.28. The van der Waals surface area contributed by atoms with Crippen LogP contribution in [0.15, 0.2) is 59.9 Å². The van der Waals surface area contributed by atoms with Crippen LogP contribution in [0.5, 0.6) is 5.75 Å². The molecule has 7 nitrogen and oxygen atoms in total. The van der Waals surface area contributed by atoms with Gasteiger partial charge in [-0.3, -0.25) is 9.69 Å². The first kappa shape index (κ1) is 19.6. The minimum Gasteiger partial charge on any atom is -0.497 e. The van der Waals surface area contributed by atoms with E-state index in [1.807, 2.05) is 18.2 Å². The molecule has 0 spiro atoms. The van der Waals surface area contributed by atoms with Crippen molar-refractivity contribution in [1.29, 1.82) is 0 Å². The van der Waals surface area contributed by atoms with Crippen molar-refractivity contribution in [1.82, 2.24) is 24.8 Å². The highest BCUT2D eigenvalue weighted by molar-refractivity contribution is 7.15. The van der Waals surface area contributed by atoms with Gasteiger partial charge in [0.15, 0.2) is 0 Å². The van der Waals surface area contributed by atoms with Crippen molar-refractivity contribution in [3.8, 4) is 27.6 Å². The van der Waals surface area contributed by atoms with Gasteiger partial charge in [0.25, 0.3) is 5.56 Å². The fourth-order valence-corrected chi connectivity index (χ4v) is 4.84. The highest BCUT2D eigenvalue weighted by atomic mass is 32.1. The van der Waals surface area contributed by atoms with E-state index in [1.54, 1.807) is 30.8 Å². The fraction of sp³-hybridized carbons (Fsp3) is 0.217. The van der Waals surface area contributed by atoms with Crippen LogP contribution in [0.2, 0.25) is 0 Å². The second kappa shape index (κ2) is 8.41. The summed E-state index contributed by atoms with van der Waals surface area (Å²) in [5.74, 6) is 1.38. The molecule has 4 aromatic rings. The van der Waals surface area contributed by atoms with Crippen LogP contribution in [-0.4, -0.2) is 38.5 Å². The molecule has 3 aromatic heterocycles. The van der Waals surface area contributed by atoms with Crippen molar-refractivity contribution in [3.63, 3.8) is 0 Å². The quantitative estimate of drug-likeness (QED) is 0.521. The molecule has 31 heavy (non-hydrogen) atoms. The van der Waals surface area contributed by atoms with Crippen LogP contribution in [0, 0.1) is 0 Å². The number of H-pyrrole nitrogens is 1. The number of benzene rings is 1. The van der Waals surface area contributed by atoms with Gasteiger partial charge >= 0.3 is 0 Å². The molecule has 1 N–H and O–H groups in total. The number of aromatic nitrogens is 4. The number of hydrogen-bond acceptors (Lipinski definition) is 7. The smallest absolute Gasteiger partial charge is 0.255 e. The van der Waals surface area contributed by atoms with Crippen LogP contribution in [0.1, 0.15) is 16.1 Å². The van der Waals surface area contributed by atoms with Gasteiger partial charge in [-0.2, -0.15) is 0 Å². The van der Waals surface area contributed by atoms with Crippen LogP contribution < -0.4 is 10.3 Å². The van der Waals surface area contributed by atoms with Gasteiger partial charge in [-0.1, -0.05) is 12.1 Å². The average molecular weight is 432 g/mol. The van der Waals surface area contributed by atoms with Gasteiger partial charge < -0.3 is 9.72 Å². The number of nitrogens with one attached hydrogen (secondary N) is 1. The predicted octanol–water partition coefficient (Wildman–Crippen LogP) is 3.52. The maximum Gasteiger partial charge on any atom is 0.255 e. The lowest BCUT2D eigenvalue weighted by molar-refractivity contribution is 0.244. The van der Waals surface area contributed by atoms with Crippen LogP contribution >= 0.6 is 11.3 Å². The van der Waals surface area contributed by atoms with E-state index in [2.05, 4.69) is 43.0 Å². The molecule has 0 atom stereocenters. The molecule has 4 heterocycles. The molecule has 1 aliphatic heterocycles. The molecule has 1 aromatic carbocycles. The van der Waals surface area contributed by atoms with E-state index in [-0.39, 0.29) is 5.56 Å². The Bertz CT molecular complexity index is 1270. The number of thiophene rings is 1. The first-order chi connectivity index (χ1) is 15.2. The first-order valence-electron chi connectivity index (χ1n) is 10.0. The van der Waals surface area contributed by atoms with E-state index in [1.165, 1.54) is 16.1 Å². The zero-order chi connectivity index (χ0) is 21.2. The zero-order valence-electron chi connectivity index (χ0n) is 17.0. The molecule has 156 valence electrons. The summed E-state index contributed by atoms with van der Waals surface area (Å²) in [5.41, 5.74) is 3.39. The molecule has 8 heteroatoms. The molecule has 0 radical (unpaired) electrons. The number of fused-ring (bicyclic) bond motifs is 1. The number of rotatable bonds is 5. The standard InChI is InChI=1S/C23H21N5O2S/c1-30-17-4-2-3-15(9-17)21-6-5-18(31-21)12-28-8-7-20-19(13-28)23(29)27-22(26-20)16-10-24-14-25-11-16/h2-6,9-11,14H,7-8,12-13H2,1H3,(H,26,27,29). The largest absolute Gasteiger partial charge is 0.497 e. The maximum atomic E-state index is 12.7. The van der Waals surface area contributed by atoms with E-state index in [0.717, 1.165) is 42.1 Å². The van der Waals surface area contributed by atoms with E-state index in [0.29, 0.717) is 17.9 Å². The Morgan fingerprint density at radius 1 is 1.16 bits per heavy atom. The minimum absolute atomic E-state index is 0.0863. The maximum absolute atomic E-state index is 12.7. The van der Waals surface area contributed by atoms with Gasteiger partial charge in [0.1, 0.15) is 17.9 Å². The van der Waals surface area contributed by atoms with Crippen molar-refractivity contribution in [3.05, 3.63) is 81.6 Å². The minimum atomic E-state index is -0.0863. The lowest BCUT2D eigenvalue weighted by Gasteiger charge is -2.27. The molecular weight excluding hydrogens is 410 g/mol. The molecule has 0 saturated carbocycles. The molecule has 0 fully saturated rings. The van der Waals surface area contributed by atoms with Crippen LogP contribution in [0.4, 0.5) is 0 Å². The third-order valence-corrected chi connectivity index (χ3v) is 6.50. The number of aromatic amines is 1. The van der Waals surface area contributed by atoms with Gasteiger partial charge in [0.05, 0.1) is 23.9 Å². The Hall–Kier alpha value is -3.36. The third-order valence-electron chi connectivity index (χ3n) is 5.38. The molecule has 5 rings (SSSR count). The Labute approximate surface area is 183 Å². The van der Waals surface area contributed by atoms with E-state index >= 15 is 0 Å². The topological polar surface area (TPSA) is 84.0 Å². The molecule has 0 amide bonds. The lowest BCUT2D eigenvalue weighted by atomic mass is 10.1. The number of ether oxygens (including phenoxy) is 1. The van der Waals surface area contributed by atoms with Crippen molar-refractivity contribution >= 4 is 11.3 Å². The molecule has 0 bridgehead atoms. The summed E-state index contributed by atoms with van der Waals surface area (Å²) in [4.78, 5) is 33.1. The number of methoxy groups -OCH3 is 1. The third kappa shape index (κ3) is 4.12. The summed E-state index contributed by atoms with van der Waals surface area (Å²) in [6.07, 6.45) is 5.52. The molecular formula is C23H21N5O2S. The monoisotopic (exact) mass is 431 g/mol. The summed E-state index contributed by atoms with van der Waals surface area (Å²) in [6, 6.07) is 12.4. The summed E-state index contributed by atoms with van der Waals surface area (Å²) < 4.78 is 5.34. The molecule has 0 saturated heterocycles. The number of hydrogen-bond donors (Lipinski definition) is 1. The second-order valence-electron chi connectivity index (χ2n) is 7.43. The summed E-state index contributed by atoms with van der Waals surface area (Å²) in [7, 11) is 1.68. The zero-order valence-corrected chi connectivity index (χ0v) is 17.9. The summed E-state index contributed by atoms with van der Waals surface area (Å²) >= 11 is 1.77. The van der Waals surface area contributed by atoms with Gasteiger partial charge in [-0.15, -0.1) is 11.3 Å². The molecule has 1 aliphatic rings.